The van der Waals surface area contributed by atoms with Crippen LogP contribution in [0.4, 0.5) is 5.69 Å². The maximum Gasteiger partial charge on any atom is 0.269 e. The van der Waals surface area contributed by atoms with Crippen LogP contribution in [0.5, 0.6) is 11.5 Å². The summed E-state index contributed by atoms with van der Waals surface area (Å²) in [5.74, 6) is 1.02. The molecule has 0 aliphatic carbocycles. The summed E-state index contributed by atoms with van der Waals surface area (Å²) in [5.41, 5.74) is 2.20. The molecular formula is C22H17BrCl2N2O5. The molecule has 0 heterocycles. The third-order valence-electron chi connectivity index (χ3n) is 4.25. The maximum atomic E-state index is 10.8. The first-order valence-electron chi connectivity index (χ1n) is 9.20. The number of benzene rings is 3. The van der Waals surface area contributed by atoms with Gasteiger partial charge in [0, 0.05) is 17.7 Å². The van der Waals surface area contributed by atoms with E-state index in [1.54, 1.807) is 36.4 Å². The molecule has 0 atom stereocenters. The van der Waals surface area contributed by atoms with Crippen LogP contribution in [0.3, 0.4) is 0 Å². The largest absolute Gasteiger partial charge is 0.493 e. The minimum Gasteiger partial charge on any atom is -0.493 e. The summed E-state index contributed by atoms with van der Waals surface area (Å²) in [5, 5.41) is 15.7. The Balaban J connectivity index is 1.65. The zero-order valence-electron chi connectivity index (χ0n) is 16.8. The quantitative estimate of drug-likeness (QED) is 0.169. The molecule has 32 heavy (non-hydrogen) atoms. The van der Waals surface area contributed by atoms with Gasteiger partial charge in [-0.25, -0.2) is 0 Å². The lowest BCUT2D eigenvalue weighted by atomic mass is 10.2. The van der Waals surface area contributed by atoms with Gasteiger partial charge in [-0.1, -0.05) is 46.6 Å². The summed E-state index contributed by atoms with van der Waals surface area (Å²) in [6.45, 7) is 0.368. The Morgan fingerprint density at radius 2 is 1.84 bits per heavy atom. The number of non-ortho nitro benzene ring substituents is 1. The molecule has 0 N–H and O–H groups in total. The lowest BCUT2D eigenvalue weighted by Crippen LogP contribution is -2.00. The summed E-state index contributed by atoms with van der Waals surface area (Å²) < 4.78 is 12.0. The van der Waals surface area contributed by atoms with Gasteiger partial charge in [-0.05, 0) is 51.3 Å². The van der Waals surface area contributed by atoms with Crippen LogP contribution in [-0.2, 0) is 18.1 Å². The van der Waals surface area contributed by atoms with Gasteiger partial charge in [-0.2, -0.15) is 0 Å². The zero-order valence-corrected chi connectivity index (χ0v) is 19.9. The molecule has 0 fully saturated rings. The zero-order chi connectivity index (χ0) is 23.1. The molecule has 0 saturated carbocycles. The molecule has 0 amide bonds. The number of halogens is 3. The van der Waals surface area contributed by atoms with E-state index in [0.29, 0.717) is 37.1 Å². The summed E-state index contributed by atoms with van der Waals surface area (Å²) in [7, 11) is 1.54. The number of oxime groups is 1. The third kappa shape index (κ3) is 6.35. The number of hydrogen-bond acceptors (Lipinski definition) is 6. The fourth-order valence-electron chi connectivity index (χ4n) is 2.71. The van der Waals surface area contributed by atoms with E-state index in [2.05, 4.69) is 21.1 Å². The maximum absolute atomic E-state index is 10.8. The van der Waals surface area contributed by atoms with Crippen LogP contribution in [0.25, 0.3) is 0 Å². The van der Waals surface area contributed by atoms with Crippen LogP contribution in [-0.4, -0.2) is 18.2 Å². The van der Waals surface area contributed by atoms with Gasteiger partial charge in [-0.3, -0.25) is 10.1 Å². The highest BCUT2D eigenvalue weighted by Crippen LogP contribution is 2.37. The third-order valence-corrected chi connectivity index (χ3v) is 5.58. The Morgan fingerprint density at radius 3 is 2.56 bits per heavy atom. The molecule has 0 aromatic heterocycles. The van der Waals surface area contributed by atoms with Crippen LogP contribution >= 0.6 is 39.1 Å². The van der Waals surface area contributed by atoms with Crippen molar-refractivity contribution in [1.82, 2.24) is 0 Å². The van der Waals surface area contributed by atoms with Crippen LogP contribution in [0.1, 0.15) is 16.7 Å². The Hall–Kier alpha value is -2.81. The molecule has 3 rings (SSSR count). The number of nitro benzene ring substituents is 1. The Bertz CT molecular complexity index is 1160. The van der Waals surface area contributed by atoms with Crippen molar-refractivity contribution in [3.05, 3.63) is 95.9 Å². The van der Waals surface area contributed by atoms with Crippen molar-refractivity contribution in [3.63, 3.8) is 0 Å². The normalized spacial score (nSPS) is 10.9. The van der Waals surface area contributed by atoms with E-state index in [0.717, 1.165) is 5.56 Å². The van der Waals surface area contributed by atoms with Crippen molar-refractivity contribution in [2.45, 2.75) is 13.2 Å². The molecular weight excluding hydrogens is 523 g/mol. The van der Waals surface area contributed by atoms with Gasteiger partial charge in [0.2, 0.25) is 0 Å². The predicted octanol–water partition coefficient (Wildman–Crippen LogP) is 6.80. The Kier molecular flexibility index (Phi) is 8.33. The second kappa shape index (κ2) is 11.2. The van der Waals surface area contributed by atoms with Gasteiger partial charge in [0.1, 0.15) is 13.2 Å². The Morgan fingerprint density at radius 1 is 1.06 bits per heavy atom. The molecule has 0 spiro atoms. The number of hydrogen-bond donors (Lipinski definition) is 0. The topological polar surface area (TPSA) is 83.2 Å². The molecule has 0 radical (unpaired) electrons. The monoisotopic (exact) mass is 538 g/mol. The van der Waals surface area contributed by atoms with Gasteiger partial charge < -0.3 is 14.3 Å². The fraction of sp³-hybridized carbons (Fsp3) is 0.136. The van der Waals surface area contributed by atoms with Crippen LogP contribution in [0, 0.1) is 10.1 Å². The van der Waals surface area contributed by atoms with Crippen molar-refractivity contribution in [1.29, 1.82) is 0 Å². The number of methoxy groups -OCH3 is 1. The fourth-order valence-corrected chi connectivity index (χ4v) is 3.60. The van der Waals surface area contributed by atoms with Crippen molar-refractivity contribution >= 4 is 51.0 Å². The first-order valence-corrected chi connectivity index (χ1v) is 10.7. The highest BCUT2D eigenvalue weighted by atomic mass is 79.9. The second-order valence-electron chi connectivity index (χ2n) is 6.51. The number of rotatable bonds is 9. The van der Waals surface area contributed by atoms with E-state index in [1.807, 2.05) is 6.07 Å². The lowest BCUT2D eigenvalue weighted by Gasteiger charge is -2.14. The molecule has 3 aromatic rings. The number of nitro groups is 1. The minimum absolute atomic E-state index is 0.000192. The van der Waals surface area contributed by atoms with Gasteiger partial charge in [0.15, 0.2) is 11.5 Å². The van der Waals surface area contributed by atoms with Crippen LogP contribution in [0.2, 0.25) is 10.0 Å². The molecule has 166 valence electrons. The molecule has 0 saturated heterocycles. The van der Waals surface area contributed by atoms with Gasteiger partial charge in [0.05, 0.1) is 32.8 Å². The number of ether oxygens (including phenoxy) is 2. The molecule has 0 aliphatic rings. The smallest absolute Gasteiger partial charge is 0.269 e. The SMILES string of the molecule is COc1cc(/C=N\OCc2cccc([N+](=O)[O-])c2)cc(Br)c1OCc1ccc(Cl)c(Cl)c1. The van der Waals surface area contributed by atoms with Gasteiger partial charge in [0.25, 0.3) is 5.69 Å². The molecule has 0 unspecified atom stereocenters. The van der Waals surface area contributed by atoms with Crippen molar-refractivity contribution in [2.75, 3.05) is 7.11 Å². The highest BCUT2D eigenvalue weighted by molar-refractivity contribution is 9.10. The predicted molar refractivity (Wildman–Crippen MR) is 127 cm³/mol. The van der Waals surface area contributed by atoms with Crippen molar-refractivity contribution < 1.29 is 19.2 Å². The van der Waals surface area contributed by atoms with Gasteiger partial charge in [-0.15, -0.1) is 0 Å². The van der Waals surface area contributed by atoms with E-state index >= 15 is 0 Å². The highest BCUT2D eigenvalue weighted by Gasteiger charge is 2.12. The van der Waals surface area contributed by atoms with Crippen LogP contribution < -0.4 is 9.47 Å². The molecule has 0 aliphatic heterocycles. The van der Waals surface area contributed by atoms with Crippen LogP contribution in [0.15, 0.2) is 64.2 Å². The molecule has 7 nitrogen and oxygen atoms in total. The minimum atomic E-state index is -0.457. The Labute approximate surface area is 202 Å². The molecule has 10 heteroatoms. The lowest BCUT2D eigenvalue weighted by molar-refractivity contribution is -0.384. The summed E-state index contributed by atoms with van der Waals surface area (Å²) in [4.78, 5) is 15.6. The average Bonchev–Trinajstić information content (AvgIpc) is 2.78. The summed E-state index contributed by atoms with van der Waals surface area (Å²) in [6.07, 6.45) is 1.51. The average molecular weight is 540 g/mol. The summed E-state index contributed by atoms with van der Waals surface area (Å²) >= 11 is 15.5. The van der Waals surface area contributed by atoms with E-state index in [4.69, 9.17) is 37.5 Å². The van der Waals surface area contributed by atoms with E-state index in [1.165, 1.54) is 25.5 Å². The summed E-state index contributed by atoms with van der Waals surface area (Å²) in [6, 6.07) is 15.0. The van der Waals surface area contributed by atoms with Crippen molar-refractivity contribution in [2.24, 2.45) is 5.16 Å². The molecule has 3 aromatic carbocycles. The van der Waals surface area contributed by atoms with Crippen molar-refractivity contribution in [3.8, 4) is 11.5 Å². The van der Waals surface area contributed by atoms with Gasteiger partial charge >= 0.3 is 0 Å². The number of nitrogens with zero attached hydrogens (tertiary/aromatic N) is 2. The van der Waals surface area contributed by atoms with E-state index in [-0.39, 0.29) is 18.9 Å². The standard InChI is InChI=1S/C22H17BrCl2N2O5/c1-30-21-10-16(11-26-32-13-14-3-2-4-17(7-14)27(28)29)8-18(23)22(21)31-12-15-5-6-19(24)20(25)9-15/h2-11H,12-13H2,1H3/b26-11-. The first-order chi connectivity index (χ1) is 15.4. The first kappa shape index (κ1) is 23.8. The van der Waals surface area contributed by atoms with E-state index in [9.17, 15) is 10.1 Å². The molecule has 0 bridgehead atoms. The van der Waals surface area contributed by atoms with E-state index < -0.39 is 4.92 Å². The second-order valence-corrected chi connectivity index (χ2v) is 8.17.